The number of benzene rings is 1. The van der Waals surface area contributed by atoms with E-state index in [1.165, 1.54) is 11.3 Å². The summed E-state index contributed by atoms with van der Waals surface area (Å²) in [7, 11) is 6.07. The fraction of sp³-hybridized carbons (Fsp3) is 0.308. The molecule has 0 spiro atoms. The topological polar surface area (TPSA) is 33.1 Å². The first kappa shape index (κ1) is 11.5. The second kappa shape index (κ2) is 4.49. The number of rotatable bonds is 3. The Morgan fingerprint density at radius 1 is 1.29 bits per heavy atom. The van der Waals surface area contributed by atoms with E-state index in [1.807, 2.05) is 31.9 Å². The largest absolute Gasteiger partial charge is 0.377 e. The van der Waals surface area contributed by atoms with Crippen molar-refractivity contribution in [3.63, 3.8) is 0 Å². The van der Waals surface area contributed by atoms with Gasteiger partial charge in [-0.25, -0.2) is 4.98 Å². The first-order valence-electron chi connectivity index (χ1n) is 5.60. The standard InChI is InChI=1S/C13H18N4/c1-10-5-6-11(9-12(10)16(2)3)15-13-14-7-8-17(13)4/h5-9H,1-4H3,(H,14,15). The second-order valence-corrected chi connectivity index (χ2v) is 4.38. The minimum atomic E-state index is 0.846. The summed E-state index contributed by atoms with van der Waals surface area (Å²) >= 11 is 0. The van der Waals surface area contributed by atoms with Crippen LogP contribution >= 0.6 is 0 Å². The Hall–Kier alpha value is -1.97. The van der Waals surface area contributed by atoms with E-state index in [-0.39, 0.29) is 0 Å². The molecule has 0 unspecified atom stereocenters. The van der Waals surface area contributed by atoms with Gasteiger partial charge in [0, 0.05) is 44.9 Å². The molecule has 0 radical (unpaired) electrons. The molecule has 1 N–H and O–H groups in total. The van der Waals surface area contributed by atoms with Gasteiger partial charge in [-0.05, 0) is 24.6 Å². The lowest BCUT2D eigenvalue weighted by atomic mass is 10.1. The number of imidazole rings is 1. The predicted octanol–water partition coefficient (Wildman–Crippen LogP) is 2.54. The molecule has 1 heterocycles. The molecular weight excluding hydrogens is 212 g/mol. The van der Waals surface area contributed by atoms with E-state index in [4.69, 9.17) is 0 Å². The number of aromatic nitrogens is 2. The van der Waals surface area contributed by atoms with Crippen LogP contribution in [0.5, 0.6) is 0 Å². The van der Waals surface area contributed by atoms with Crippen molar-refractivity contribution in [2.45, 2.75) is 6.92 Å². The van der Waals surface area contributed by atoms with E-state index in [9.17, 15) is 0 Å². The quantitative estimate of drug-likeness (QED) is 0.879. The molecule has 2 aromatic rings. The van der Waals surface area contributed by atoms with Crippen LogP contribution in [0.4, 0.5) is 17.3 Å². The lowest BCUT2D eigenvalue weighted by Gasteiger charge is -2.17. The third kappa shape index (κ3) is 2.41. The molecular formula is C13H18N4. The average molecular weight is 230 g/mol. The van der Waals surface area contributed by atoms with Crippen molar-refractivity contribution in [3.8, 4) is 0 Å². The molecule has 4 nitrogen and oxygen atoms in total. The van der Waals surface area contributed by atoms with Gasteiger partial charge in [0.15, 0.2) is 0 Å². The van der Waals surface area contributed by atoms with Gasteiger partial charge in [0.05, 0.1) is 0 Å². The first-order valence-corrected chi connectivity index (χ1v) is 5.60. The Bertz CT molecular complexity index is 514. The number of nitrogens with zero attached hydrogens (tertiary/aromatic N) is 3. The van der Waals surface area contributed by atoms with Crippen molar-refractivity contribution >= 4 is 17.3 Å². The molecule has 0 saturated heterocycles. The molecule has 0 amide bonds. The monoisotopic (exact) mass is 230 g/mol. The highest BCUT2D eigenvalue weighted by Crippen LogP contribution is 2.24. The van der Waals surface area contributed by atoms with E-state index in [0.717, 1.165) is 11.6 Å². The number of aryl methyl sites for hydroxylation is 2. The summed E-state index contributed by atoms with van der Waals surface area (Å²) in [5, 5.41) is 3.30. The van der Waals surface area contributed by atoms with E-state index < -0.39 is 0 Å². The Balaban J connectivity index is 2.28. The Kier molecular flexibility index (Phi) is 3.04. The van der Waals surface area contributed by atoms with Crippen LogP contribution in [0.25, 0.3) is 0 Å². The molecule has 17 heavy (non-hydrogen) atoms. The number of anilines is 3. The Labute approximate surface area is 102 Å². The van der Waals surface area contributed by atoms with Gasteiger partial charge in [-0.3, -0.25) is 0 Å². The van der Waals surface area contributed by atoms with Crippen molar-refractivity contribution < 1.29 is 0 Å². The lowest BCUT2D eigenvalue weighted by molar-refractivity contribution is 0.924. The van der Waals surface area contributed by atoms with Gasteiger partial charge in [-0.2, -0.15) is 0 Å². The molecule has 0 saturated carbocycles. The maximum Gasteiger partial charge on any atom is 0.207 e. The first-order chi connectivity index (χ1) is 8.08. The molecule has 0 bridgehead atoms. The zero-order chi connectivity index (χ0) is 12.4. The predicted molar refractivity (Wildman–Crippen MR) is 72.0 cm³/mol. The van der Waals surface area contributed by atoms with Crippen LogP contribution in [-0.4, -0.2) is 23.6 Å². The number of hydrogen-bond donors (Lipinski definition) is 1. The normalized spacial score (nSPS) is 10.4. The zero-order valence-electron chi connectivity index (χ0n) is 10.7. The van der Waals surface area contributed by atoms with Crippen molar-refractivity contribution in [1.82, 2.24) is 9.55 Å². The highest BCUT2D eigenvalue weighted by molar-refractivity contribution is 5.65. The van der Waals surface area contributed by atoms with Gasteiger partial charge in [0.2, 0.25) is 5.95 Å². The van der Waals surface area contributed by atoms with Crippen LogP contribution in [0.3, 0.4) is 0 Å². The van der Waals surface area contributed by atoms with Gasteiger partial charge in [-0.1, -0.05) is 6.07 Å². The molecule has 0 aliphatic carbocycles. The van der Waals surface area contributed by atoms with Crippen LogP contribution in [0, 0.1) is 6.92 Å². The van der Waals surface area contributed by atoms with Crippen molar-refractivity contribution in [1.29, 1.82) is 0 Å². The van der Waals surface area contributed by atoms with Gasteiger partial charge < -0.3 is 14.8 Å². The third-order valence-corrected chi connectivity index (χ3v) is 2.77. The molecule has 90 valence electrons. The Morgan fingerprint density at radius 3 is 2.65 bits per heavy atom. The van der Waals surface area contributed by atoms with Crippen LogP contribution in [-0.2, 0) is 7.05 Å². The van der Waals surface area contributed by atoms with Gasteiger partial charge in [0.1, 0.15) is 0 Å². The summed E-state index contributed by atoms with van der Waals surface area (Å²) < 4.78 is 1.95. The molecule has 4 heteroatoms. The minimum Gasteiger partial charge on any atom is -0.377 e. The van der Waals surface area contributed by atoms with E-state index in [0.29, 0.717) is 0 Å². The fourth-order valence-corrected chi connectivity index (χ4v) is 1.78. The molecule has 1 aromatic carbocycles. The fourth-order valence-electron chi connectivity index (χ4n) is 1.78. The van der Waals surface area contributed by atoms with Crippen LogP contribution in [0.15, 0.2) is 30.6 Å². The van der Waals surface area contributed by atoms with Crippen molar-refractivity contribution in [2.24, 2.45) is 7.05 Å². The third-order valence-electron chi connectivity index (χ3n) is 2.77. The number of nitrogens with one attached hydrogen (secondary N) is 1. The maximum absolute atomic E-state index is 4.25. The van der Waals surface area contributed by atoms with Gasteiger partial charge in [0.25, 0.3) is 0 Å². The Morgan fingerprint density at radius 2 is 2.06 bits per heavy atom. The molecule has 0 aliphatic heterocycles. The minimum absolute atomic E-state index is 0.846. The van der Waals surface area contributed by atoms with Crippen LogP contribution < -0.4 is 10.2 Å². The van der Waals surface area contributed by atoms with E-state index >= 15 is 0 Å². The molecule has 0 fully saturated rings. The summed E-state index contributed by atoms with van der Waals surface area (Å²) in [6.45, 7) is 2.11. The summed E-state index contributed by atoms with van der Waals surface area (Å²) in [4.78, 5) is 6.36. The van der Waals surface area contributed by atoms with Gasteiger partial charge >= 0.3 is 0 Å². The van der Waals surface area contributed by atoms with Crippen LogP contribution in [0.1, 0.15) is 5.56 Å². The van der Waals surface area contributed by atoms with Crippen molar-refractivity contribution in [2.75, 3.05) is 24.3 Å². The number of hydrogen-bond acceptors (Lipinski definition) is 3. The zero-order valence-corrected chi connectivity index (χ0v) is 10.7. The average Bonchev–Trinajstić information content (AvgIpc) is 2.67. The molecule has 1 aromatic heterocycles. The van der Waals surface area contributed by atoms with E-state index in [2.05, 4.69) is 40.3 Å². The molecule has 2 rings (SSSR count). The summed E-state index contributed by atoms with van der Waals surface area (Å²) in [6.07, 6.45) is 3.70. The second-order valence-electron chi connectivity index (χ2n) is 4.38. The summed E-state index contributed by atoms with van der Waals surface area (Å²) in [5.74, 6) is 0.846. The SMILES string of the molecule is Cc1ccc(Nc2nccn2C)cc1N(C)C. The lowest BCUT2D eigenvalue weighted by Crippen LogP contribution is -2.10. The highest BCUT2D eigenvalue weighted by Gasteiger charge is 2.04. The van der Waals surface area contributed by atoms with Crippen molar-refractivity contribution in [3.05, 3.63) is 36.2 Å². The molecule has 0 atom stereocenters. The summed E-state index contributed by atoms with van der Waals surface area (Å²) in [5.41, 5.74) is 3.53. The summed E-state index contributed by atoms with van der Waals surface area (Å²) in [6, 6.07) is 6.31. The highest BCUT2D eigenvalue weighted by atomic mass is 15.2. The van der Waals surface area contributed by atoms with Gasteiger partial charge in [-0.15, -0.1) is 0 Å². The smallest absolute Gasteiger partial charge is 0.207 e. The molecule has 0 aliphatic rings. The van der Waals surface area contributed by atoms with Crippen LogP contribution in [0.2, 0.25) is 0 Å². The van der Waals surface area contributed by atoms with E-state index in [1.54, 1.807) is 6.20 Å². The maximum atomic E-state index is 4.25.